The topological polar surface area (TPSA) is 115 Å². The van der Waals surface area contributed by atoms with E-state index in [2.05, 4.69) is 20.6 Å². The van der Waals surface area contributed by atoms with E-state index < -0.39 is 4.92 Å². The highest BCUT2D eigenvalue weighted by molar-refractivity contribution is 7.19. The molecule has 0 aliphatic rings. The Balaban J connectivity index is 1.55. The Morgan fingerprint density at radius 1 is 1.19 bits per heavy atom. The van der Waals surface area contributed by atoms with Gasteiger partial charge in [-0.1, -0.05) is 23.5 Å². The van der Waals surface area contributed by atoms with Crippen LogP contribution in [0, 0.1) is 10.1 Å². The third-order valence-electron chi connectivity index (χ3n) is 3.59. The molecule has 9 nitrogen and oxygen atoms in total. The first-order valence-corrected chi connectivity index (χ1v) is 8.25. The van der Waals surface area contributed by atoms with Gasteiger partial charge in [-0.25, -0.2) is 0 Å². The molecule has 1 amide bonds. The first-order valence-electron chi connectivity index (χ1n) is 7.43. The van der Waals surface area contributed by atoms with Gasteiger partial charge < -0.3 is 5.32 Å². The fourth-order valence-electron chi connectivity index (χ4n) is 2.34. The highest BCUT2D eigenvalue weighted by Gasteiger charge is 2.12. The monoisotopic (exact) mass is 366 g/mol. The van der Waals surface area contributed by atoms with Gasteiger partial charge >= 0.3 is 0 Å². The first kappa shape index (κ1) is 15.8. The second-order valence-electron chi connectivity index (χ2n) is 5.30. The van der Waals surface area contributed by atoms with Crippen LogP contribution in [0.15, 0.2) is 54.9 Å². The predicted molar refractivity (Wildman–Crippen MR) is 95.1 cm³/mol. The van der Waals surface area contributed by atoms with Gasteiger partial charge in [-0.3, -0.25) is 14.9 Å². The van der Waals surface area contributed by atoms with Crippen molar-refractivity contribution >= 4 is 33.6 Å². The average molecular weight is 366 g/mol. The van der Waals surface area contributed by atoms with Crippen LogP contribution in [0.1, 0.15) is 10.4 Å². The van der Waals surface area contributed by atoms with Gasteiger partial charge in [-0.2, -0.15) is 9.61 Å². The second-order valence-corrected chi connectivity index (χ2v) is 6.26. The highest BCUT2D eigenvalue weighted by Crippen LogP contribution is 2.27. The van der Waals surface area contributed by atoms with Crippen LogP contribution in [-0.2, 0) is 0 Å². The molecule has 0 saturated heterocycles. The summed E-state index contributed by atoms with van der Waals surface area (Å²) in [5.74, 6) is -0.352. The Bertz CT molecular complexity index is 1090. The van der Waals surface area contributed by atoms with Crippen LogP contribution in [0.4, 0.5) is 11.4 Å². The lowest BCUT2D eigenvalue weighted by Gasteiger charge is -2.06. The Morgan fingerprint density at radius 3 is 2.73 bits per heavy atom. The number of hydrogen-bond donors (Lipinski definition) is 1. The van der Waals surface area contributed by atoms with Gasteiger partial charge in [0.2, 0.25) is 4.96 Å². The summed E-state index contributed by atoms with van der Waals surface area (Å²) < 4.78 is 1.59. The number of benzene rings is 2. The molecule has 0 saturated carbocycles. The number of nitrogens with zero attached hydrogens (tertiary/aromatic N) is 5. The van der Waals surface area contributed by atoms with E-state index >= 15 is 0 Å². The molecule has 2 heterocycles. The molecular formula is C16H10N6O3S. The van der Waals surface area contributed by atoms with Crippen molar-refractivity contribution in [2.24, 2.45) is 0 Å². The molecule has 2 aromatic carbocycles. The first-order chi connectivity index (χ1) is 12.6. The lowest BCUT2D eigenvalue weighted by atomic mass is 10.1. The van der Waals surface area contributed by atoms with Crippen LogP contribution < -0.4 is 5.32 Å². The lowest BCUT2D eigenvalue weighted by Crippen LogP contribution is -2.11. The fraction of sp³-hybridized carbons (Fsp3) is 0. The summed E-state index contributed by atoms with van der Waals surface area (Å²) in [6, 6.07) is 12.7. The lowest BCUT2D eigenvalue weighted by molar-refractivity contribution is -0.384. The Morgan fingerprint density at radius 2 is 2.00 bits per heavy atom. The molecule has 4 aromatic rings. The zero-order valence-electron chi connectivity index (χ0n) is 13.1. The SMILES string of the molecule is O=C(Nc1cccc(-c2nn3cnnc3s2)c1)c1ccc([N+](=O)[O-])cc1. The number of carbonyl (C=O) groups is 1. The minimum atomic E-state index is -0.508. The number of anilines is 1. The maximum Gasteiger partial charge on any atom is 0.269 e. The van der Waals surface area contributed by atoms with Crippen molar-refractivity contribution in [3.63, 3.8) is 0 Å². The standard InChI is InChI=1S/C16H10N6O3S/c23-14(10-4-6-13(7-5-10)22(24)25)18-12-3-1-2-11(8-12)15-20-21-9-17-19-16(21)26-15/h1-9H,(H,18,23). The maximum absolute atomic E-state index is 12.3. The Kier molecular flexibility index (Phi) is 3.86. The van der Waals surface area contributed by atoms with E-state index in [0.29, 0.717) is 16.2 Å². The summed E-state index contributed by atoms with van der Waals surface area (Å²) in [6.07, 6.45) is 1.52. The van der Waals surface area contributed by atoms with Gasteiger partial charge in [0.25, 0.3) is 11.6 Å². The molecule has 0 unspecified atom stereocenters. The van der Waals surface area contributed by atoms with Crippen LogP contribution in [0.5, 0.6) is 0 Å². The molecule has 4 rings (SSSR count). The molecule has 10 heteroatoms. The maximum atomic E-state index is 12.3. The normalized spacial score (nSPS) is 10.8. The second kappa shape index (κ2) is 6.33. The number of carbonyl (C=O) groups excluding carboxylic acids is 1. The van der Waals surface area contributed by atoms with Crippen molar-refractivity contribution in [2.45, 2.75) is 0 Å². The third-order valence-corrected chi connectivity index (χ3v) is 4.56. The number of nitrogens with one attached hydrogen (secondary N) is 1. The molecule has 128 valence electrons. The molecule has 0 spiro atoms. The molecule has 26 heavy (non-hydrogen) atoms. The van der Waals surface area contributed by atoms with E-state index in [4.69, 9.17) is 0 Å². The van der Waals surface area contributed by atoms with Crippen LogP contribution in [0.3, 0.4) is 0 Å². The van der Waals surface area contributed by atoms with Crippen molar-refractivity contribution in [1.29, 1.82) is 0 Å². The minimum Gasteiger partial charge on any atom is -0.322 e. The molecule has 2 aromatic heterocycles. The van der Waals surface area contributed by atoms with Gasteiger partial charge in [-0.05, 0) is 24.3 Å². The zero-order valence-corrected chi connectivity index (χ0v) is 13.9. The summed E-state index contributed by atoms with van der Waals surface area (Å²) in [5.41, 5.74) is 1.70. The Hall–Kier alpha value is -3.66. The van der Waals surface area contributed by atoms with Gasteiger partial charge in [0.1, 0.15) is 11.3 Å². The van der Waals surface area contributed by atoms with E-state index in [1.165, 1.54) is 41.9 Å². The molecular weight excluding hydrogens is 356 g/mol. The van der Waals surface area contributed by atoms with Crippen molar-refractivity contribution in [3.05, 3.63) is 70.5 Å². The van der Waals surface area contributed by atoms with Crippen molar-refractivity contribution in [2.75, 3.05) is 5.32 Å². The molecule has 0 aliphatic heterocycles. The number of hydrogen-bond acceptors (Lipinski definition) is 7. The summed E-state index contributed by atoms with van der Waals surface area (Å²) in [6.45, 7) is 0. The zero-order chi connectivity index (χ0) is 18.1. The molecule has 1 N–H and O–H groups in total. The number of fused-ring (bicyclic) bond motifs is 1. The molecule has 0 radical (unpaired) electrons. The summed E-state index contributed by atoms with van der Waals surface area (Å²) in [5, 5.41) is 26.3. The number of rotatable bonds is 4. The largest absolute Gasteiger partial charge is 0.322 e. The van der Waals surface area contributed by atoms with Gasteiger partial charge in [0.15, 0.2) is 0 Å². The quantitative estimate of drug-likeness (QED) is 0.438. The fourth-order valence-corrected chi connectivity index (χ4v) is 3.16. The summed E-state index contributed by atoms with van der Waals surface area (Å²) in [4.78, 5) is 23.2. The van der Waals surface area contributed by atoms with E-state index in [9.17, 15) is 14.9 Å². The van der Waals surface area contributed by atoms with E-state index in [0.717, 1.165) is 10.6 Å². The van der Waals surface area contributed by atoms with Crippen LogP contribution in [-0.4, -0.2) is 30.6 Å². The van der Waals surface area contributed by atoms with E-state index in [-0.39, 0.29) is 11.6 Å². The van der Waals surface area contributed by atoms with Crippen LogP contribution in [0.25, 0.3) is 15.5 Å². The van der Waals surface area contributed by atoms with Crippen LogP contribution >= 0.6 is 11.3 Å². The smallest absolute Gasteiger partial charge is 0.269 e. The average Bonchev–Trinajstić information content (AvgIpc) is 3.24. The number of non-ortho nitro benzene ring substituents is 1. The van der Waals surface area contributed by atoms with Crippen molar-refractivity contribution in [1.82, 2.24) is 19.8 Å². The van der Waals surface area contributed by atoms with E-state index in [1.807, 2.05) is 12.1 Å². The number of amides is 1. The Labute approximate surface area is 150 Å². The van der Waals surface area contributed by atoms with Gasteiger partial charge in [0, 0.05) is 28.9 Å². The number of nitro groups is 1. The number of nitro benzene ring substituents is 1. The van der Waals surface area contributed by atoms with Crippen LogP contribution in [0.2, 0.25) is 0 Å². The van der Waals surface area contributed by atoms with Crippen molar-refractivity contribution < 1.29 is 9.72 Å². The van der Waals surface area contributed by atoms with Gasteiger partial charge in [0.05, 0.1) is 4.92 Å². The molecule has 0 atom stereocenters. The summed E-state index contributed by atoms with van der Waals surface area (Å²) in [7, 11) is 0. The van der Waals surface area contributed by atoms with E-state index in [1.54, 1.807) is 16.6 Å². The molecule has 0 fully saturated rings. The number of aromatic nitrogens is 4. The predicted octanol–water partition coefficient (Wildman–Crippen LogP) is 3.01. The minimum absolute atomic E-state index is 0.0631. The van der Waals surface area contributed by atoms with Crippen molar-refractivity contribution in [3.8, 4) is 10.6 Å². The summed E-state index contributed by atoms with van der Waals surface area (Å²) >= 11 is 1.39. The third kappa shape index (κ3) is 3.00. The van der Waals surface area contributed by atoms with Gasteiger partial charge in [-0.15, -0.1) is 10.2 Å². The highest BCUT2D eigenvalue weighted by atomic mass is 32.1. The molecule has 0 aliphatic carbocycles. The molecule has 0 bridgehead atoms.